The third kappa shape index (κ3) is 3.20. The molecule has 0 bridgehead atoms. The zero-order valence-electron chi connectivity index (χ0n) is 10.0. The van der Waals surface area contributed by atoms with Crippen LogP contribution in [0.3, 0.4) is 0 Å². The average molecular weight is 365 g/mol. The van der Waals surface area contributed by atoms with E-state index in [-0.39, 0.29) is 24.5 Å². The number of benzene rings is 1. The van der Waals surface area contributed by atoms with E-state index >= 15 is 0 Å². The van der Waals surface area contributed by atoms with Gasteiger partial charge in [0.15, 0.2) is 5.82 Å². The van der Waals surface area contributed by atoms with E-state index < -0.39 is 20.7 Å². The van der Waals surface area contributed by atoms with E-state index in [1.807, 2.05) is 0 Å². The summed E-state index contributed by atoms with van der Waals surface area (Å²) < 4.78 is 45.3. The minimum atomic E-state index is -4.05. The molecule has 20 heavy (non-hydrogen) atoms. The fraction of sp³-hybridized carbons (Fsp3) is 0.200. The summed E-state index contributed by atoms with van der Waals surface area (Å²) in [6.07, 6.45) is 1.07. The lowest BCUT2D eigenvalue weighted by molar-refractivity contribution is 0.409. The Morgan fingerprint density at radius 2 is 2.20 bits per heavy atom. The normalized spacial score (nSPS) is 11.8. The number of aromatic nitrogens is 2. The predicted molar refractivity (Wildman–Crippen MR) is 70.3 cm³/mol. The summed E-state index contributed by atoms with van der Waals surface area (Å²) in [6.45, 7) is -0.318. The minimum absolute atomic E-state index is 0.0966. The van der Waals surface area contributed by atoms with Crippen LogP contribution >= 0.6 is 15.9 Å². The maximum absolute atomic E-state index is 14.0. The number of nitrogens with zero attached hydrogens (tertiary/aromatic N) is 2. The highest BCUT2D eigenvalue weighted by atomic mass is 79.9. The largest absolute Gasteiger partial charge is 0.343 e. The van der Waals surface area contributed by atoms with E-state index in [9.17, 15) is 12.8 Å². The molecule has 1 aromatic carbocycles. The molecule has 2 rings (SSSR count). The van der Waals surface area contributed by atoms with Crippen LogP contribution in [-0.4, -0.2) is 18.6 Å². The fourth-order valence-corrected chi connectivity index (χ4v) is 3.25. The third-order valence-corrected chi connectivity index (χ3v) is 4.27. The van der Waals surface area contributed by atoms with Gasteiger partial charge in [-0.05, 0) is 12.1 Å². The number of rotatable bonds is 5. The molecule has 0 amide bonds. The quantitative estimate of drug-likeness (QED) is 0.815. The summed E-state index contributed by atoms with van der Waals surface area (Å²) in [5.41, 5.74) is 5.47. The molecule has 0 aliphatic rings. The number of halogens is 2. The fourth-order valence-electron chi connectivity index (χ4n) is 1.47. The van der Waals surface area contributed by atoms with Gasteiger partial charge in [0.2, 0.25) is 16.4 Å². The molecule has 0 atom stereocenters. The van der Waals surface area contributed by atoms with Gasteiger partial charge in [0.25, 0.3) is 0 Å². The molecule has 0 spiro atoms. The molecule has 0 aliphatic heterocycles. The lowest BCUT2D eigenvalue weighted by Crippen LogP contribution is -2.25. The average Bonchev–Trinajstić information content (AvgIpc) is 2.92. The van der Waals surface area contributed by atoms with Crippen molar-refractivity contribution in [2.45, 2.75) is 18.0 Å². The highest BCUT2D eigenvalue weighted by molar-refractivity contribution is 9.10. The van der Waals surface area contributed by atoms with Crippen LogP contribution < -0.4 is 10.5 Å². The van der Waals surface area contributed by atoms with Crippen LogP contribution in [0.1, 0.15) is 11.4 Å². The van der Waals surface area contributed by atoms with Crippen molar-refractivity contribution in [3.63, 3.8) is 0 Å². The van der Waals surface area contributed by atoms with Crippen molar-refractivity contribution < 1.29 is 17.3 Å². The van der Waals surface area contributed by atoms with Crippen molar-refractivity contribution in [3.05, 3.63) is 40.2 Å². The minimum Gasteiger partial charge on any atom is -0.343 e. The van der Waals surface area contributed by atoms with Gasteiger partial charge in [-0.2, -0.15) is 4.98 Å². The molecule has 0 saturated heterocycles. The second-order valence-electron chi connectivity index (χ2n) is 3.75. The van der Waals surface area contributed by atoms with Gasteiger partial charge in [0.05, 0.1) is 6.54 Å². The maximum atomic E-state index is 14.0. The Balaban J connectivity index is 2.31. The van der Waals surface area contributed by atoms with Crippen LogP contribution in [0.4, 0.5) is 4.39 Å². The third-order valence-electron chi connectivity index (χ3n) is 2.42. The van der Waals surface area contributed by atoms with E-state index in [1.54, 1.807) is 0 Å². The topological polar surface area (TPSA) is 111 Å². The van der Waals surface area contributed by atoms with Gasteiger partial charge >= 0.3 is 0 Å². The van der Waals surface area contributed by atoms with Gasteiger partial charge in [-0.15, -0.1) is 0 Å². The van der Waals surface area contributed by atoms with Crippen LogP contribution in [0, 0.1) is 5.82 Å². The number of sulfonamides is 1. The molecule has 7 nitrogen and oxygen atoms in total. The second kappa shape index (κ2) is 5.95. The maximum Gasteiger partial charge on any atom is 0.243 e. The van der Waals surface area contributed by atoms with Crippen LogP contribution in [0.5, 0.6) is 0 Å². The summed E-state index contributed by atoms with van der Waals surface area (Å²) in [5.74, 6) is -0.737. The van der Waals surface area contributed by atoms with Gasteiger partial charge in [-0.25, -0.2) is 17.5 Å². The number of nitrogens with two attached hydrogens (primary N) is 1. The zero-order chi connectivity index (χ0) is 14.8. The molecule has 0 aliphatic carbocycles. The molecule has 0 radical (unpaired) electrons. The van der Waals surface area contributed by atoms with Crippen LogP contribution in [0.2, 0.25) is 0 Å². The van der Waals surface area contributed by atoms with E-state index in [2.05, 4.69) is 35.3 Å². The molecule has 3 N–H and O–H groups in total. The molecule has 108 valence electrons. The van der Waals surface area contributed by atoms with Crippen molar-refractivity contribution in [2.75, 3.05) is 0 Å². The van der Waals surface area contributed by atoms with E-state index in [0.29, 0.717) is 4.47 Å². The van der Waals surface area contributed by atoms with Crippen molar-refractivity contribution in [3.8, 4) is 0 Å². The molecule has 2 aromatic rings. The Morgan fingerprint density at radius 3 is 2.80 bits per heavy atom. The van der Waals surface area contributed by atoms with E-state index in [1.165, 1.54) is 6.07 Å². The molecule has 10 heteroatoms. The lowest BCUT2D eigenvalue weighted by Gasteiger charge is -2.09. The Morgan fingerprint density at radius 1 is 1.45 bits per heavy atom. The second-order valence-corrected chi connectivity index (χ2v) is 6.40. The molecular weight excluding hydrogens is 355 g/mol. The molecule has 0 unspecified atom stereocenters. The van der Waals surface area contributed by atoms with Crippen molar-refractivity contribution in [1.29, 1.82) is 0 Å². The van der Waals surface area contributed by atoms with Crippen molar-refractivity contribution >= 4 is 26.0 Å². The first-order chi connectivity index (χ1) is 9.44. The summed E-state index contributed by atoms with van der Waals surface area (Å²) in [6, 6.07) is 2.58. The summed E-state index contributed by atoms with van der Waals surface area (Å²) in [7, 11) is -4.05. The Kier molecular flexibility index (Phi) is 4.48. The predicted octanol–water partition coefficient (Wildman–Crippen LogP) is 0.908. The Bertz CT molecular complexity index is 706. The van der Waals surface area contributed by atoms with Crippen LogP contribution in [0.25, 0.3) is 0 Å². The number of hydrogen-bond donors (Lipinski definition) is 2. The number of nitrogens with one attached hydrogen (secondary N) is 1. The smallest absolute Gasteiger partial charge is 0.243 e. The Labute approximate surface area is 122 Å². The molecular formula is C10H10BrFN4O3S. The highest BCUT2D eigenvalue weighted by Crippen LogP contribution is 2.23. The SMILES string of the molecule is NCc1cc(Br)cc(S(=O)(=O)NCc2ncon2)c1F. The van der Waals surface area contributed by atoms with Crippen LogP contribution in [0.15, 0.2) is 32.4 Å². The van der Waals surface area contributed by atoms with E-state index in [4.69, 9.17) is 5.73 Å². The van der Waals surface area contributed by atoms with E-state index in [0.717, 1.165) is 12.5 Å². The first-order valence-corrected chi connectivity index (χ1v) is 7.64. The zero-order valence-corrected chi connectivity index (χ0v) is 12.4. The summed E-state index contributed by atoms with van der Waals surface area (Å²) >= 11 is 3.12. The van der Waals surface area contributed by atoms with Gasteiger partial charge in [-0.1, -0.05) is 21.1 Å². The van der Waals surface area contributed by atoms with Gasteiger partial charge in [0.1, 0.15) is 10.7 Å². The lowest BCUT2D eigenvalue weighted by atomic mass is 10.2. The summed E-state index contributed by atoms with van der Waals surface area (Å²) in [5, 5.41) is 3.45. The van der Waals surface area contributed by atoms with Crippen molar-refractivity contribution in [2.24, 2.45) is 5.73 Å². The van der Waals surface area contributed by atoms with Gasteiger partial charge in [-0.3, -0.25) is 0 Å². The molecule has 0 fully saturated rings. The molecule has 1 heterocycles. The van der Waals surface area contributed by atoms with Crippen LogP contribution in [-0.2, 0) is 23.1 Å². The van der Waals surface area contributed by atoms with Gasteiger partial charge < -0.3 is 10.3 Å². The first-order valence-electron chi connectivity index (χ1n) is 5.37. The van der Waals surface area contributed by atoms with Crippen molar-refractivity contribution in [1.82, 2.24) is 14.9 Å². The summed E-state index contributed by atoms with van der Waals surface area (Å²) in [4.78, 5) is 3.17. The number of hydrogen-bond acceptors (Lipinski definition) is 6. The van der Waals surface area contributed by atoms with Gasteiger partial charge in [0, 0.05) is 16.6 Å². The standard InChI is InChI=1S/C10H10BrFN4O3S/c11-7-1-6(3-13)10(12)8(2-7)20(17,18)15-4-9-14-5-19-16-9/h1-2,5,15H,3-4,13H2. The first kappa shape index (κ1) is 15.0. The molecule has 1 aromatic heterocycles. The Hall–Kier alpha value is -1.36. The monoisotopic (exact) mass is 364 g/mol. The molecule has 0 saturated carbocycles. The highest BCUT2D eigenvalue weighted by Gasteiger charge is 2.22.